The van der Waals surface area contributed by atoms with Crippen LogP contribution in [0, 0.1) is 18.3 Å². The van der Waals surface area contributed by atoms with Crippen LogP contribution in [0.15, 0.2) is 36.4 Å². The fraction of sp³-hybridized carbons (Fsp3) is 0.250. The molecule has 1 heterocycles. The van der Waals surface area contributed by atoms with E-state index >= 15 is 0 Å². The summed E-state index contributed by atoms with van der Waals surface area (Å²) in [6, 6.07) is 11.1. The van der Waals surface area contributed by atoms with E-state index in [-0.39, 0.29) is 18.3 Å². The molecule has 0 atom stereocenters. The molecule has 0 amide bonds. The topological polar surface area (TPSA) is 67.9 Å². The van der Waals surface area contributed by atoms with Crippen LogP contribution in [0.2, 0.25) is 5.15 Å². The highest BCUT2D eigenvalue weighted by atomic mass is 35.5. The molecule has 28 heavy (non-hydrogen) atoms. The van der Waals surface area contributed by atoms with Crippen molar-refractivity contribution in [2.45, 2.75) is 26.3 Å². The summed E-state index contributed by atoms with van der Waals surface area (Å²) in [5.74, 6) is -5.41. The average Bonchev–Trinajstić information content (AvgIpc) is 2.98. The molecule has 0 spiro atoms. The van der Waals surface area contributed by atoms with Crippen molar-refractivity contribution in [2.75, 3.05) is 6.61 Å². The summed E-state index contributed by atoms with van der Waals surface area (Å²) in [6.45, 7) is 3.34. The summed E-state index contributed by atoms with van der Waals surface area (Å²) in [6.07, 6.45) is 0. The average molecular weight is 404 g/mol. The Labute approximate surface area is 165 Å². The van der Waals surface area contributed by atoms with E-state index in [1.165, 1.54) is 23.7 Å². The zero-order chi connectivity index (χ0) is 20.5. The summed E-state index contributed by atoms with van der Waals surface area (Å²) < 4.78 is 34.8. The first-order valence-electron chi connectivity index (χ1n) is 8.49. The molecule has 144 valence electrons. The SMILES string of the molecule is CCOC(=O)C(F)(F)c1ccc2c(Cl)nn(Cc3c(C)cccc3C#N)c2c1. The van der Waals surface area contributed by atoms with Crippen LogP contribution in [0.25, 0.3) is 10.9 Å². The molecule has 0 saturated heterocycles. The maximum Gasteiger partial charge on any atom is 0.381 e. The number of fused-ring (bicyclic) bond motifs is 1. The predicted octanol–water partition coefficient (Wildman–Crippen LogP) is 4.57. The van der Waals surface area contributed by atoms with Crippen molar-refractivity contribution < 1.29 is 18.3 Å². The van der Waals surface area contributed by atoms with Crippen molar-refractivity contribution >= 4 is 28.5 Å². The lowest BCUT2D eigenvalue weighted by atomic mass is 10.0. The van der Waals surface area contributed by atoms with Crippen LogP contribution in [0.4, 0.5) is 8.78 Å². The van der Waals surface area contributed by atoms with Crippen molar-refractivity contribution in [3.8, 4) is 6.07 Å². The number of nitrogens with zero attached hydrogens (tertiary/aromatic N) is 3. The molecule has 3 rings (SSSR count). The van der Waals surface area contributed by atoms with Crippen LogP contribution in [0.1, 0.15) is 29.2 Å². The maximum absolute atomic E-state index is 14.4. The Morgan fingerprint density at radius 2 is 2.11 bits per heavy atom. The summed E-state index contributed by atoms with van der Waals surface area (Å²) in [5.41, 5.74) is 1.87. The van der Waals surface area contributed by atoms with Crippen LogP contribution < -0.4 is 0 Å². The van der Waals surface area contributed by atoms with E-state index in [0.717, 1.165) is 11.6 Å². The van der Waals surface area contributed by atoms with Crippen molar-refractivity contribution in [1.82, 2.24) is 9.78 Å². The minimum Gasteiger partial charge on any atom is -0.461 e. The van der Waals surface area contributed by atoms with Gasteiger partial charge in [-0.25, -0.2) is 4.79 Å². The van der Waals surface area contributed by atoms with Crippen LogP contribution in [-0.4, -0.2) is 22.4 Å². The summed E-state index contributed by atoms with van der Waals surface area (Å²) >= 11 is 6.16. The normalized spacial score (nSPS) is 11.4. The highest BCUT2D eigenvalue weighted by Crippen LogP contribution is 2.34. The summed E-state index contributed by atoms with van der Waals surface area (Å²) in [5, 5.41) is 14.2. The Hall–Kier alpha value is -2.98. The third kappa shape index (κ3) is 3.43. The smallest absolute Gasteiger partial charge is 0.381 e. The second kappa shape index (κ2) is 7.56. The molecule has 0 radical (unpaired) electrons. The molecule has 0 saturated carbocycles. The van der Waals surface area contributed by atoms with E-state index in [9.17, 15) is 18.8 Å². The number of hydrogen-bond donors (Lipinski definition) is 0. The number of alkyl halides is 2. The zero-order valence-electron chi connectivity index (χ0n) is 15.2. The lowest BCUT2D eigenvalue weighted by molar-refractivity contribution is -0.173. The fourth-order valence-corrected chi connectivity index (χ4v) is 3.21. The largest absolute Gasteiger partial charge is 0.461 e. The monoisotopic (exact) mass is 403 g/mol. The van der Waals surface area contributed by atoms with Crippen molar-refractivity contribution in [1.29, 1.82) is 5.26 Å². The fourth-order valence-electron chi connectivity index (χ4n) is 2.96. The van der Waals surface area contributed by atoms with Gasteiger partial charge in [0.2, 0.25) is 0 Å². The molecule has 5 nitrogen and oxygen atoms in total. The Morgan fingerprint density at radius 3 is 2.79 bits per heavy atom. The molecular weight excluding hydrogens is 388 g/mol. The molecular formula is C20H16ClF2N3O2. The molecule has 0 fully saturated rings. The van der Waals surface area contributed by atoms with Gasteiger partial charge >= 0.3 is 11.9 Å². The van der Waals surface area contributed by atoms with E-state index in [2.05, 4.69) is 15.9 Å². The first kappa shape index (κ1) is 19.8. The van der Waals surface area contributed by atoms with E-state index in [0.29, 0.717) is 22.0 Å². The number of ether oxygens (including phenoxy) is 1. The van der Waals surface area contributed by atoms with Crippen LogP contribution in [0.5, 0.6) is 0 Å². The van der Waals surface area contributed by atoms with E-state index in [1.807, 2.05) is 13.0 Å². The number of benzene rings is 2. The Bertz CT molecular complexity index is 1100. The van der Waals surface area contributed by atoms with E-state index < -0.39 is 17.5 Å². The van der Waals surface area contributed by atoms with Gasteiger partial charge in [-0.1, -0.05) is 29.8 Å². The van der Waals surface area contributed by atoms with Gasteiger partial charge in [-0.2, -0.15) is 19.1 Å². The summed E-state index contributed by atoms with van der Waals surface area (Å²) in [7, 11) is 0. The molecule has 0 bridgehead atoms. The first-order valence-corrected chi connectivity index (χ1v) is 8.87. The molecule has 1 aromatic heterocycles. The van der Waals surface area contributed by atoms with Gasteiger partial charge in [-0.15, -0.1) is 0 Å². The van der Waals surface area contributed by atoms with E-state index in [4.69, 9.17) is 11.6 Å². The van der Waals surface area contributed by atoms with E-state index in [1.54, 1.807) is 12.1 Å². The molecule has 0 aliphatic carbocycles. The molecule has 0 aliphatic rings. The third-order valence-electron chi connectivity index (χ3n) is 4.44. The van der Waals surface area contributed by atoms with Crippen LogP contribution in [0.3, 0.4) is 0 Å². The number of aromatic nitrogens is 2. The van der Waals surface area contributed by atoms with Crippen molar-refractivity contribution in [2.24, 2.45) is 0 Å². The van der Waals surface area contributed by atoms with Crippen LogP contribution >= 0.6 is 11.6 Å². The lowest BCUT2D eigenvalue weighted by Gasteiger charge is -2.15. The number of rotatable bonds is 5. The van der Waals surface area contributed by atoms with Gasteiger partial charge in [0.15, 0.2) is 5.15 Å². The zero-order valence-corrected chi connectivity index (χ0v) is 15.9. The number of halogens is 3. The second-order valence-electron chi connectivity index (χ2n) is 6.19. The number of aryl methyl sites for hydroxylation is 1. The molecule has 3 aromatic rings. The minimum atomic E-state index is -3.80. The number of nitriles is 1. The Balaban J connectivity index is 2.11. The van der Waals surface area contributed by atoms with Crippen molar-refractivity contribution in [3.05, 3.63) is 63.8 Å². The van der Waals surface area contributed by atoms with Gasteiger partial charge in [0.05, 0.1) is 30.3 Å². The maximum atomic E-state index is 14.4. The van der Waals surface area contributed by atoms with Gasteiger partial charge in [0.1, 0.15) is 0 Å². The lowest BCUT2D eigenvalue weighted by Crippen LogP contribution is -2.28. The highest BCUT2D eigenvalue weighted by molar-refractivity contribution is 6.34. The number of carbonyl (C=O) groups excluding carboxylic acids is 1. The van der Waals surface area contributed by atoms with Gasteiger partial charge in [-0.3, -0.25) is 4.68 Å². The van der Waals surface area contributed by atoms with Crippen LogP contribution in [-0.2, 0) is 22.0 Å². The number of hydrogen-bond acceptors (Lipinski definition) is 4. The van der Waals surface area contributed by atoms with Gasteiger partial charge < -0.3 is 4.74 Å². The van der Waals surface area contributed by atoms with Gasteiger partial charge in [0.25, 0.3) is 0 Å². The first-order chi connectivity index (χ1) is 13.3. The molecule has 0 N–H and O–H groups in total. The van der Waals surface area contributed by atoms with Gasteiger partial charge in [0, 0.05) is 10.9 Å². The van der Waals surface area contributed by atoms with Gasteiger partial charge in [-0.05, 0) is 43.2 Å². The quantitative estimate of drug-likeness (QED) is 0.585. The highest BCUT2D eigenvalue weighted by Gasteiger charge is 2.43. The molecule has 0 unspecified atom stereocenters. The minimum absolute atomic E-state index is 0.146. The summed E-state index contributed by atoms with van der Waals surface area (Å²) in [4.78, 5) is 11.7. The molecule has 0 aliphatic heterocycles. The standard InChI is InChI=1S/C20H16ClF2N3O2/c1-3-28-19(27)20(22,23)14-7-8-15-17(9-14)26(25-18(15)21)11-16-12(2)5-4-6-13(16)10-24/h4-9H,3,11H2,1-2H3. The Kier molecular flexibility index (Phi) is 5.34. The third-order valence-corrected chi connectivity index (χ3v) is 4.72. The predicted molar refractivity (Wildman–Crippen MR) is 100 cm³/mol. The number of carbonyl (C=O) groups is 1. The van der Waals surface area contributed by atoms with Crippen molar-refractivity contribution in [3.63, 3.8) is 0 Å². The number of esters is 1. The second-order valence-corrected chi connectivity index (χ2v) is 6.55. The molecule has 2 aromatic carbocycles. The molecule has 8 heteroatoms. The Morgan fingerprint density at radius 1 is 1.36 bits per heavy atom.